The predicted molar refractivity (Wildman–Crippen MR) is 335 cm³/mol. The van der Waals surface area contributed by atoms with Crippen LogP contribution in [0.4, 0.5) is 0 Å². The Balaban J connectivity index is -0.000000885. The number of thioether (sulfide) groups is 3. The van der Waals surface area contributed by atoms with Gasteiger partial charge in [0.25, 0.3) is 10.1 Å². The van der Waals surface area contributed by atoms with Crippen LogP contribution in [0.1, 0.15) is 128 Å². The van der Waals surface area contributed by atoms with Crippen molar-refractivity contribution in [1.29, 1.82) is 0 Å². The third-order valence-electron chi connectivity index (χ3n) is 10.9. The molecule has 21 heteroatoms. The van der Waals surface area contributed by atoms with Gasteiger partial charge in [0.1, 0.15) is 9.84 Å². The number of rotatable bonds is 38. The van der Waals surface area contributed by atoms with Gasteiger partial charge in [-0.05, 0) is 188 Å². The fourth-order valence-electron chi connectivity index (χ4n) is 6.64. The molecule has 2 fully saturated rings. The van der Waals surface area contributed by atoms with Crippen LogP contribution < -0.4 is 0 Å². The first-order valence-corrected chi connectivity index (χ1v) is 35.7. The fourth-order valence-corrected chi connectivity index (χ4v) is 12.4. The van der Waals surface area contributed by atoms with Gasteiger partial charge >= 0.3 is 0 Å². The van der Waals surface area contributed by atoms with Crippen molar-refractivity contribution in [2.45, 2.75) is 134 Å². The summed E-state index contributed by atoms with van der Waals surface area (Å²) in [6, 6.07) is 6.65. The third-order valence-corrected chi connectivity index (χ3v) is 18.4. The quantitative estimate of drug-likeness (QED) is 0.0190. The smallest absolute Gasteiger partial charge is 0.296 e. The molecule has 0 bridgehead atoms. The topological polar surface area (TPSA) is 146 Å². The van der Waals surface area contributed by atoms with Crippen LogP contribution in [0.3, 0.4) is 0 Å². The van der Waals surface area contributed by atoms with Gasteiger partial charge in [-0.25, -0.2) is 41.3 Å². The highest BCUT2D eigenvalue weighted by molar-refractivity contribution is 9.09. The molecule has 0 atom stereocenters. The molecule has 0 spiro atoms. The number of sulfone groups is 1. The zero-order chi connectivity index (χ0) is 56.9. The largest absolute Gasteiger partial charge is 0.396 e. The number of aliphatic hydroxyl groups is 2. The maximum atomic E-state index is 11.9. The summed E-state index contributed by atoms with van der Waals surface area (Å²) in [4.78, 5) is 21.5. The van der Waals surface area contributed by atoms with E-state index in [1.807, 2.05) is 18.7 Å². The Hall–Kier alpha value is -1.75. The number of likely N-dealkylation sites (tertiary alicyclic amines) is 2. The minimum absolute atomic E-state index is 0.208. The molecule has 2 heterocycles. The van der Waals surface area contributed by atoms with Crippen LogP contribution in [-0.2, 0) is 24.1 Å². The Kier molecular flexibility index (Phi) is 64.5. The van der Waals surface area contributed by atoms with Crippen LogP contribution in [0.2, 0.25) is 0 Å². The number of hydrogen-bond acceptors (Lipinski definition) is 13. The maximum absolute atomic E-state index is 11.9. The Bertz CT molecular complexity index is 1860. The van der Waals surface area contributed by atoms with E-state index in [0.29, 0.717) is 64.3 Å². The molecule has 3 rings (SSSR count). The second kappa shape index (κ2) is 62.4. The average Bonchev–Trinajstić information content (AvgIpc) is 4.15. The van der Waals surface area contributed by atoms with Gasteiger partial charge in [-0.3, -0.25) is 4.18 Å². The van der Waals surface area contributed by atoms with Crippen molar-refractivity contribution in [2.75, 3.05) is 149 Å². The molecule has 0 aromatic heterocycles. The van der Waals surface area contributed by atoms with Gasteiger partial charge in [0.15, 0.2) is 0 Å². The normalized spacial score (nSPS) is 12.9. The van der Waals surface area contributed by atoms with Crippen LogP contribution >= 0.6 is 63.8 Å². The number of aliphatic hydroxyl groups excluding tert-OH is 2. The molecule has 436 valence electrons. The lowest BCUT2D eigenvalue weighted by Gasteiger charge is -2.13. The first-order valence-electron chi connectivity index (χ1n) is 27.3. The van der Waals surface area contributed by atoms with Gasteiger partial charge in [-0.2, -0.15) is 56.3 Å². The molecule has 0 unspecified atom stereocenters. The van der Waals surface area contributed by atoms with Crippen LogP contribution in [0, 0.1) is 39.8 Å². The molecule has 1 aromatic carbocycles. The molecule has 0 aliphatic carbocycles. The fraction of sp³-hybridized carbons (Fsp3) is 0.800. The van der Waals surface area contributed by atoms with Gasteiger partial charge in [0, 0.05) is 50.6 Å². The summed E-state index contributed by atoms with van der Waals surface area (Å²) < 4.78 is 52.1. The molecule has 14 nitrogen and oxygen atoms in total. The summed E-state index contributed by atoms with van der Waals surface area (Å²) in [5.41, 5.74) is 1.02. The van der Waals surface area contributed by atoms with E-state index in [9.17, 15) is 16.8 Å². The first-order chi connectivity index (χ1) is 36.9. The maximum Gasteiger partial charge on any atom is 0.296 e. The van der Waals surface area contributed by atoms with Crippen molar-refractivity contribution in [1.82, 2.24) is 9.80 Å². The van der Waals surface area contributed by atoms with Crippen LogP contribution in [-0.4, -0.2) is 186 Å². The van der Waals surface area contributed by atoms with Crippen molar-refractivity contribution < 1.29 is 31.2 Å². The second-order valence-corrected chi connectivity index (χ2v) is 26.6. The molecule has 2 aliphatic heterocycles. The van der Waals surface area contributed by atoms with E-state index >= 15 is 0 Å². The minimum Gasteiger partial charge on any atom is -0.396 e. The molecule has 1 aromatic rings. The van der Waals surface area contributed by atoms with E-state index in [1.165, 1.54) is 69.7 Å². The van der Waals surface area contributed by atoms with Crippen molar-refractivity contribution >= 4 is 83.8 Å². The average molecular weight is 1240 g/mol. The summed E-state index contributed by atoms with van der Waals surface area (Å²) >= 11 is 12.8. The van der Waals surface area contributed by atoms with E-state index in [2.05, 4.69) is 74.3 Å². The van der Waals surface area contributed by atoms with Crippen LogP contribution in [0.5, 0.6) is 0 Å². The highest BCUT2D eigenvalue weighted by atomic mass is 79.9. The Morgan fingerprint density at radius 3 is 1.33 bits per heavy atom. The SMILES string of the molecule is OCCCS.[C-]#[N+]CCCCBr.[C-]#[N+]CCCCS(=O)(=O)CCCN1CCCC1.[C-]#[N+]CCCCSCCCN1CCCC1.[C-]#[N+]CCCCSCCCO.[C-]#[N+]CCCCSCCCOS(=O)(=O)c1ccc(C)cc1. The summed E-state index contributed by atoms with van der Waals surface area (Å²) in [7, 11) is -6.51. The summed E-state index contributed by atoms with van der Waals surface area (Å²) in [5.74, 6) is 7.97. The Morgan fingerprint density at radius 1 is 0.539 bits per heavy atom. The van der Waals surface area contributed by atoms with Gasteiger partial charge in [-0.15, -0.1) is 0 Å². The van der Waals surface area contributed by atoms with Crippen molar-refractivity contribution in [3.8, 4) is 0 Å². The zero-order valence-corrected chi connectivity index (χ0v) is 52.7. The second-order valence-electron chi connectivity index (χ2n) is 17.7. The first kappa shape index (κ1) is 78.5. The van der Waals surface area contributed by atoms with E-state index < -0.39 is 20.0 Å². The highest BCUT2D eigenvalue weighted by Crippen LogP contribution is 2.15. The predicted octanol–water partition coefficient (Wildman–Crippen LogP) is 12.2. The number of aryl methyl sites for hydroxylation is 1. The lowest BCUT2D eigenvalue weighted by molar-refractivity contribution is 0.296. The summed E-state index contributed by atoms with van der Waals surface area (Å²) in [6.45, 7) is 45.8. The third kappa shape index (κ3) is 59.9. The molecule has 2 aliphatic rings. The van der Waals surface area contributed by atoms with Crippen molar-refractivity contribution in [3.05, 3.63) is 86.9 Å². The molecule has 76 heavy (non-hydrogen) atoms. The Labute approximate surface area is 490 Å². The monoisotopic (exact) mass is 1240 g/mol. The summed E-state index contributed by atoms with van der Waals surface area (Å²) in [6.07, 6.45) is 19.8. The lowest BCUT2D eigenvalue weighted by atomic mass is 10.2. The molecule has 2 N–H and O–H groups in total. The van der Waals surface area contributed by atoms with Gasteiger partial charge in [-0.1, -0.05) is 33.6 Å². The zero-order valence-electron chi connectivity index (χ0n) is 46.1. The molecule has 2 saturated heterocycles. The highest BCUT2D eigenvalue weighted by Gasteiger charge is 2.16. The van der Waals surface area contributed by atoms with Crippen molar-refractivity contribution in [3.63, 3.8) is 0 Å². The molecular weight excluding hydrogens is 1140 g/mol. The van der Waals surface area contributed by atoms with E-state index in [-0.39, 0.29) is 23.9 Å². The van der Waals surface area contributed by atoms with Gasteiger partial charge in [0.2, 0.25) is 32.7 Å². The van der Waals surface area contributed by atoms with Crippen molar-refractivity contribution in [2.24, 2.45) is 0 Å². The molecule has 0 saturated carbocycles. The Morgan fingerprint density at radius 2 is 0.921 bits per heavy atom. The lowest BCUT2D eigenvalue weighted by Crippen LogP contribution is -2.23. The number of benzene rings is 1. The minimum atomic E-state index is -3.62. The van der Waals surface area contributed by atoms with E-state index in [1.54, 1.807) is 36.0 Å². The number of unbranched alkanes of at least 4 members (excludes halogenated alkanes) is 5. The number of alkyl halides is 1. The standard InChI is InChI=1S/C15H21NO3S2.C12H22N2O2S.C12H22N2S.C8H15NOS.C5H8BrN.C3H8OS/c1-14-6-8-15(9-7-14)21(17,18)19-11-5-13-20-12-4-3-10-16-2;1-13-7-2-5-11-17(15,16)12-6-10-14-8-3-4-9-14;1-13-7-2-5-11-15-12-6-10-14-8-3-4-9-14;1-9-5-2-3-7-11-8-4-6-10;1-7-5-3-2-4-6;4-2-1-3-5/h6-9H,3-5,10-13H2,1H3;2-12H2;2-12H2;10H,2-8H2;2-5H2;4-5H,1-3H2. The summed E-state index contributed by atoms with van der Waals surface area (Å²) in [5, 5.41) is 17.5. The molecule has 0 radical (unpaired) electrons. The van der Waals surface area contributed by atoms with Gasteiger partial charge < -0.3 is 44.2 Å². The number of thiol groups is 1. The van der Waals surface area contributed by atoms with E-state index in [4.69, 9.17) is 47.3 Å². The van der Waals surface area contributed by atoms with E-state index in [0.717, 1.165) is 124 Å². The van der Waals surface area contributed by atoms with Crippen LogP contribution in [0.15, 0.2) is 29.2 Å². The van der Waals surface area contributed by atoms with Gasteiger partial charge in [0.05, 0.1) is 23.0 Å². The molecule has 0 amide bonds. The number of halogens is 1. The molecular formula is C55H96BrN7O7S6. The number of nitrogens with zero attached hydrogens (tertiary/aromatic N) is 7. The van der Waals surface area contributed by atoms with Crippen LogP contribution in [0.25, 0.3) is 24.2 Å². The number of hydrogen-bond donors (Lipinski definition) is 3.